The first-order valence-corrected chi connectivity index (χ1v) is 9.36. The number of hydrogen-bond donors (Lipinski definition) is 1. The molecule has 0 saturated heterocycles. The molecule has 0 bridgehead atoms. The van der Waals surface area contributed by atoms with Crippen LogP contribution in [0.25, 0.3) is 11.3 Å². The van der Waals surface area contributed by atoms with E-state index in [1.807, 2.05) is 55.6 Å². The molecule has 0 amide bonds. The predicted molar refractivity (Wildman–Crippen MR) is 105 cm³/mol. The fourth-order valence-electron chi connectivity index (χ4n) is 2.58. The summed E-state index contributed by atoms with van der Waals surface area (Å²) in [6, 6.07) is 15.4. The van der Waals surface area contributed by atoms with Crippen molar-refractivity contribution in [2.24, 2.45) is 0 Å². The van der Waals surface area contributed by atoms with Gasteiger partial charge in [-0.05, 0) is 32.0 Å². The molecule has 2 N–H and O–H groups in total. The van der Waals surface area contributed by atoms with Crippen LogP contribution in [-0.2, 0) is 5.75 Å². The van der Waals surface area contributed by atoms with Gasteiger partial charge in [0, 0.05) is 22.4 Å². The van der Waals surface area contributed by atoms with Gasteiger partial charge in [0.05, 0.1) is 18.5 Å². The summed E-state index contributed by atoms with van der Waals surface area (Å²) in [6.07, 6.45) is 1.81. The molecule has 1 heterocycles. The average Bonchev–Trinajstić information content (AvgIpc) is 3.02. The van der Waals surface area contributed by atoms with Gasteiger partial charge in [-0.3, -0.25) is 4.79 Å². The smallest absolute Gasteiger partial charge is 0.187 e. The molecule has 26 heavy (non-hydrogen) atoms. The lowest BCUT2D eigenvalue weighted by Gasteiger charge is -2.11. The molecule has 0 fully saturated rings. The van der Waals surface area contributed by atoms with E-state index in [9.17, 15) is 4.79 Å². The number of hydrogen-bond acceptors (Lipinski definition) is 5. The van der Waals surface area contributed by atoms with Gasteiger partial charge in [0.2, 0.25) is 0 Å². The molecule has 3 aromatic rings. The molecule has 0 aliphatic carbocycles. The molecule has 0 unspecified atom stereocenters. The molecule has 0 radical (unpaired) electrons. The van der Waals surface area contributed by atoms with Gasteiger partial charge >= 0.3 is 0 Å². The number of benzene rings is 2. The van der Waals surface area contributed by atoms with Gasteiger partial charge < -0.3 is 10.6 Å². The molecular weight excluding hydrogens is 346 g/mol. The fraction of sp³-hybridized carbons (Fsp3) is 0.200. The Bertz CT molecular complexity index is 907. The van der Waals surface area contributed by atoms with Gasteiger partial charge in [-0.25, -0.2) is 9.66 Å². The molecular formula is C20H21N3O2S. The quantitative estimate of drug-likeness (QED) is 0.386. The summed E-state index contributed by atoms with van der Waals surface area (Å²) >= 11 is 1.51. The van der Waals surface area contributed by atoms with Crippen LogP contribution in [0.4, 0.5) is 0 Å². The van der Waals surface area contributed by atoms with E-state index < -0.39 is 0 Å². The highest BCUT2D eigenvalue weighted by atomic mass is 32.2. The summed E-state index contributed by atoms with van der Waals surface area (Å²) in [6.45, 7) is 4.07. The van der Waals surface area contributed by atoms with Crippen LogP contribution >= 0.6 is 11.8 Å². The molecule has 1 aromatic heterocycles. The van der Waals surface area contributed by atoms with Crippen LogP contribution in [-0.4, -0.2) is 22.1 Å². The molecule has 134 valence electrons. The second kappa shape index (κ2) is 8.10. The minimum atomic E-state index is 0.0333. The van der Waals surface area contributed by atoms with Crippen molar-refractivity contribution < 1.29 is 9.53 Å². The summed E-state index contributed by atoms with van der Waals surface area (Å²) in [5.41, 5.74) is 3.48. The van der Waals surface area contributed by atoms with Crippen molar-refractivity contribution in [3.05, 3.63) is 65.9 Å². The monoisotopic (exact) mass is 367 g/mol. The average molecular weight is 367 g/mol. The van der Waals surface area contributed by atoms with Crippen molar-refractivity contribution in [3.8, 4) is 17.0 Å². The van der Waals surface area contributed by atoms with Crippen LogP contribution in [0.2, 0.25) is 0 Å². The number of nitrogen functional groups attached to an aromatic ring is 1. The van der Waals surface area contributed by atoms with Crippen LogP contribution < -0.4 is 10.6 Å². The van der Waals surface area contributed by atoms with Gasteiger partial charge in [-0.2, -0.15) is 0 Å². The zero-order chi connectivity index (χ0) is 18.5. The lowest BCUT2D eigenvalue weighted by Crippen LogP contribution is -2.07. The van der Waals surface area contributed by atoms with Crippen molar-refractivity contribution in [1.29, 1.82) is 0 Å². The third-order valence-corrected chi connectivity index (χ3v) is 4.91. The summed E-state index contributed by atoms with van der Waals surface area (Å²) in [4.78, 5) is 16.3. The summed E-state index contributed by atoms with van der Waals surface area (Å²) < 4.78 is 7.21. The number of ether oxygens (including phenoxy) is 1. The Balaban J connectivity index is 1.81. The lowest BCUT2D eigenvalue weighted by atomic mass is 10.1. The van der Waals surface area contributed by atoms with Crippen LogP contribution in [0.15, 0.2) is 59.9 Å². The van der Waals surface area contributed by atoms with E-state index in [1.165, 1.54) is 16.4 Å². The predicted octanol–water partition coefficient (Wildman–Crippen LogP) is 4.16. The molecule has 0 atom stereocenters. The number of aromatic nitrogens is 2. The van der Waals surface area contributed by atoms with Gasteiger partial charge in [0.25, 0.3) is 0 Å². The number of ketones is 1. The first-order chi connectivity index (χ1) is 12.6. The minimum Gasteiger partial charge on any atom is -0.494 e. The molecule has 0 aliphatic heterocycles. The third-order valence-electron chi connectivity index (χ3n) is 3.89. The maximum atomic E-state index is 11.7. The number of carbonyl (C=O) groups is 1. The van der Waals surface area contributed by atoms with E-state index in [0.717, 1.165) is 22.6 Å². The summed E-state index contributed by atoms with van der Waals surface area (Å²) in [5.74, 6) is 7.49. The van der Waals surface area contributed by atoms with Gasteiger partial charge in [0.15, 0.2) is 10.9 Å². The second-order valence-electron chi connectivity index (χ2n) is 5.78. The first-order valence-electron chi connectivity index (χ1n) is 8.37. The first kappa shape index (κ1) is 18.1. The Morgan fingerprint density at radius 2 is 2.00 bits per heavy atom. The van der Waals surface area contributed by atoms with Crippen LogP contribution in [0, 0.1) is 0 Å². The van der Waals surface area contributed by atoms with Crippen LogP contribution in [0.5, 0.6) is 5.75 Å². The Kier molecular flexibility index (Phi) is 5.63. The second-order valence-corrected chi connectivity index (χ2v) is 6.72. The molecule has 3 rings (SSSR count). The van der Waals surface area contributed by atoms with Gasteiger partial charge in [0.1, 0.15) is 5.75 Å². The largest absolute Gasteiger partial charge is 0.494 e. The zero-order valence-corrected chi connectivity index (χ0v) is 15.6. The van der Waals surface area contributed by atoms with Crippen LogP contribution in [0.1, 0.15) is 29.8 Å². The number of nitrogens with two attached hydrogens (primary N) is 1. The van der Waals surface area contributed by atoms with Crippen molar-refractivity contribution in [1.82, 2.24) is 9.66 Å². The Morgan fingerprint density at radius 1 is 1.23 bits per heavy atom. The number of Topliss-reactive ketones (excluding diaryl/α,β-unsaturated/α-hetero) is 1. The Hall–Kier alpha value is -2.73. The standard InChI is InChI=1S/C20H21N3O2S/c1-3-25-19-10-9-16(14(2)24)11-17(19)13-26-20-22-18(12-23(20)21)15-7-5-4-6-8-15/h4-12H,3,13,21H2,1-2H3. The van der Waals surface area contributed by atoms with E-state index in [0.29, 0.717) is 23.1 Å². The van der Waals surface area contributed by atoms with Gasteiger partial charge in [-0.15, -0.1) is 0 Å². The highest BCUT2D eigenvalue weighted by Gasteiger charge is 2.12. The van der Waals surface area contributed by atoms with Crippen molar-refractivity contribution in [3.63, 3.8) is 0 Å². The van der Waals surface area contributed by atoms with E-state index in [1.54, 1.807) is 13.0 Å². The van der Waals surface area contributed by atoms with Crippen molar-refractivity contribution in [2.75, 3.05) is 12.4 Å². The molecule has 2 aromatic carbocycles. The van der Waals surface area contributed by atoms with E-state index in [4.69, 9.17) is 10.6 Å². The number of rotatable bonds is 7. The normalized spacial score (nSPS) is 10.7. The summed E-state index contributed by atoms with van der Waals surface area (Å²) in [7, 11) is 0. The highest BCUT2D eigenvalue weighted by Crippen LogP contribution is 2.30. The molecule has 5 nitrogen and oxygen atoms in total. The number of thioether (sulfide) groups is 1. The summed E-state index contributed by atoms with van der Waals surface area (Å²) in [5, 5.41) is 0.708. The lowest BCUT2D eigenvalue weighted by molar-refractivity contribution is 0.101. The van der Waals surface area contributed by atoms with E-state index in [2.05, 4.69) is 4.98 Å². The third kappa shape index (κ3) is 4.08. The van der Waals surface area contributed by atoms with E-state index >= 15 is 0 Å². The Morgan fingerprint density at radius 3 is 2.69 bits per heavy atom. The molecule has 0 spiro atoms. The van der Waals surface area contributed by atoms with Gasteiger partial charge in [-0.1, -0.05) is 42.1 Å². The zero-order valence-electron chi connectivity index (χ0n) is 14.8. The number of carbonyl (C=O) groups excluding carboxylic acids is 1. The molecule has 0 saturated carbocycles. The number of imidazole rings is 1. The maximum Gasteiger partial charge on any atom is 0.187 e. The SMILES string of the molecule is CCOc1ccc(C(C)=O)cc1CSc1nc(-c2ccccc2)cn1N. The molecule has 6 heteroatoms. The minimum absolute atomic E-state index is 0.0333. The maximum absolute atomic E-state index is 11.7. The van der Waals surface area contributed by atoms with Crippen molar-refractivity contribution in [2.45, 2.75) is 24.8 Å². The number of nitrogens with zero attached hydrogens (tertiary/aromatic N) is 2. The van der Waals surface area contributed by atoms with E-state index in [-0.39, 0.29) is 5.78 Å². The topological polar surface area (TPSA) is 70.1 Å². The van der Waals surface area contributed by atoms with Crippen LogP contribution in [0.3, 0.4) is 0 Å². The Labute approximate surface area is 157 Å². The fourth-order valence-corrected chi connectivity index (χ4v) is 3.46. The molecule has 0 aliphatic rings. The van der Waals surface area contributed by atoms with Crippen molar-refractivity contribution >= 4 is 17.5 Å². The highest BCUT2D eigenvalue weighted by molar-refractivity contribution is 7.98.